The van der Waals surface area contributed by atoms with E-state index in [-0.39, 0.29) is 12.2 Å². The highest BCUT2D eigenvalue weighted by atomic mass is 16.2. The molecule has 0 aromatic heterocycles. The minimum absolute atomic E-state index is 0.00337. The zero-order valence-electron chi connectivity index (χ0n) is 13.1. The summed E-state index contributed by atoms with van der Waals surface area (Å²) in [5.74, 6) is 1.00. The summed E-state index contributed by atoms with van der Waals surface area (Å²) in [6.07, 6.45) is 5.79. The zero-order valence-corrected chi connectivity index (χ0v) is 13.1. The van der Waals surface area contributed by atoms with Crippen molar-refractivity contribution in [2.24, 2.45) is 5.92 Å². The number of amides is 1. The minimum Gasteiger partial charge on any atom is -0.319 e. The molecule has 1 N–H and O–H groups in total. The van der Waals surface area contributed by atoms with Crippen LogP contribution < -0.4 is 5.32 Å². The predicted molar refractivity (Wildman–Crippen MR) is 84.7 cm³/mol. The van der Waals surface area contributed by atoms with Gasteiger partial charge in [-0.2, -0.15) is 0 Å². The highest BCUT2D eigenvalue weighted by Crippen LogP contribution is 2.40. The van der Waals surface area contributed by atoms with Crippen LogP contribution in [0.25, 0.3) is 0 Å². The van der Waals surface area contributed by atoms with Crippen LogP contribution >= 0.6 is 0 Å². The van der Waals surface area contributed by atoms with Gasteiger partial charge in [-0.3, -0.25) is 10.1 Å². The van der Waals surface area contributed by atoms with Crippen LogP contribution in [0.5, 0.6) is 0 Å². The molecule has 1 aliphatic carbocycles. The van der Waals surface area contributed by atoms with Crippen molar-refractivity contribution >= 4 is 5.91 Å². The summed E-state index contributed by atoms with van der Waals surface area (Å²) in [5, 5.41) is 3.58. The molecular weight excluding hydrogens is 260 g/mol. The highest BCUT2D eigenvalue weighted by molar-refractivity contribution is 5.85. The van der Waals surface area contributed by atoms with Crippen molar-refractivity contribution in [2.45, 2.75) is 64.2 Å². The molecule has 0 radical (unpaired) electrons. The van der Waals surface area contributed by atoms with E-state index in [2.05, 4.69) is 48.3 Å². The minimum atomic E-state index is -0.00337. The number of rotatable bonds is 6. The van der Waals surface area contributed by atoms with Crippen molar-refractivity contribution in [1.29, 1.82) is 0 Å². The van der Waals surface area contributed by atoms with Gasteiger partial charge in [0.05, 0.1) is 6.04 Å². The monoisotopic (exact) mass is 286 g/mol. The van der Waals surface area contributed by atoms with E-state index in [9.17, 15) is 4.79 Å². The van der Waals surface area contributed by atoms with E-state index in [0.29, 0.717) is 17.9 Å². The lowest BCUT2D eigenvalue weighted by Crippen LogP contribution is -2.39. The summed E-state index contributed by atoms with van der Waals surface area (Å²) >= 11 is 0. The molecule has 1 heterocycles. The van der Waals surface area contributed by atoms with E-state index in [1.807, 2.05) is 6.07 Å². The molecule has 2 aliphatic rings. The first-order valence-corrected chi connectivity index (χ1v) is 8.35. The summed E-state index contributed by atoms with van der Waals surface area (Å²) in [6.45, 7) is 4.40. The second-order valence-corrected chi connectivity index (χ2v) is 6.50. The van der Waals surface area contributed by atoms with Crippen LogP contribution in [0.15, 0.2) is 30.3 Å². The van der Waals surface area contributed by atoms with Gasteiger partial charge in [-0.25, -0.2) is 0 Å². The molecule has 21 heavy (non-hydrogen) atoms. The molecule has 0 bridgehead atoms. The second-order valence-electron chi connectivity index (χ2n) is 6.50. The van der Waals surface area contributed by atoms with Crippen molar-refractivity contribution in [2.75, 3.05) is 0 Å². The van der Waals surface area contributed by atoms with Gasteiger partial charge >= 0.3 is 0 Å². The third kappa shape index (κ3) is 2.98. The summed E-state index contributed by atoms with van der Waals surface area (Å²) in [4.78, 5) is 15.0. The van der Waals surface area contributed by atoms with Crippen LogP contribution in [0.1, 0.15) is 57.7 Å². The third-order valence-corrected chi connectivity index (χ3v) is 4.89. The molecule has 3 unspecified atom stereocenters. The van der Waals surface area contributed by atoms with Gasteiger partial charge in [-0.1, -0.05) is 50.1 Å². The smallest absolute Gasteiger partial charge is 0.241 e. The summed E-state index contributed by atoms with van der Waals surface area (Å²) < 4.78 is 0. The Bertz CT molecular complexity index is 483. The van der Waals surface area contributed by atoms with E-state index in [1.165, 1.54) is 18.4 Å². The van der Waals surface area contributed by atoms with Crippen LogP contribution in [0.4, 0.5) is 0 Å². The highest BCUT2D eigenvalue weighted by Gasteiger charge is 2.45. The van der Waals surface area contributed by atoms with Gasteiger partial charge in [0.25, 0.3) is 0 Å². The molecule has 1 saturated heterocycles. The van der Waals surface area contributed by atoms with E-state index in [1.54, 1.807) is 0 Å². The predicted octanol–water partition coefficient (Wildman–Crippen LogP) is 3.47. The van der Waals surface area contributed by atoms with Crippen LogP contribution in [0, 0.1) is 5.92 Å². The van der Waals surface area contributed by atoms with Crippen LogP contribution in [-0.2, 0) is 4.79 Å². The lowest BCUT2D eigenvalue weighted by molar-refractivity contribution is -0.132. The fraction of sp³-hybridized carbons (Fsp3) is 0.611. The molecule has 3 atom stereocenters. The van der Waals surface area contributed by atoms with Gasteiger partial charge in [-0.15, -0.1) is 0 Å². The van der Waals surface area contributed by atoms with Crippen molar-refractivity contribution in [3.63, 3.8) is 0 Å². The molecular formula is C18H26N2O. The molecule has 3 rings (SSSR count). The van der Waals surface area contributed by atoms with Crippen molar-refractivity contribution in [1.82, 2.24) is 10.2 Å². The first kappa shape index (κ1) is 14.6. The zero-order chi connectivity index (χ0) is 14.8. The Kier molecular flexibility index (Phi) is 4.29. The van der Waals surface area contributed by atoms with Crippen molar-refractivity contribution < 1.29 is 4.79 Å². The first-order chi connectivity index (χ1) is 10.2. The third-order valence-electron chi connectivity index (χ3n) is 4.89. The van der Waals surface area contributed by atoms with Crippen molar-refractivity contribution in [3.8, 4) is 0 Å². The van der Waals surface area contributed by atoms with E-state index in [4.69, 9.17) is 0 Å². The molecule has 1 amide bonds. The van der Waals surface area contributed by atoms with Crippen molar-refractivity contribution in [3.05, 3.63) is 35.9 Å². The Balaban J connectivity index is 1.82. The molecule has 1 saturated carbocycles. The second kappa shape index (κ2) is 6.18. The number of unbranched alkanes of at least 4 members (excludes halogenated alkanes) is 1. The van der Waals surface area contributed by atoms with Gasteiger partial charge in [0.2, 0.25) is 5.91 Å². The molecule has 2 fully saturated rings. The van der Waals surface area contributed by atoms with Crippen LogP contribution in [0.2, 0.25) is 0 Å². The van der Waals surface area contributed by atoms with Crippen LogP contribution in [0.3, 0.4) is 0 Å². The molecule has 0 spiro atoms. The van der Waals surface area contributed by atoms with Gasteiger partial charge in [-0.05, 0) is 37.7 Å². The van der Waals surface area contributed by atoms with E-state index < -0.39 is 0 Å². The fourth-order valence-electron chi connectivity index (χ4n) is 3.40. The standard InChI is InChI=1S/C18H26N2O/c1-3-4-10-16-18(21)20(13(2)14-11-12-14)17(19-16)15-8-6-5-7-9-15/h5-9,13-14,16-17,19H,3-4,10-12H2,1-2H3. The van der Waals surface area contributed by atoms with Crippen LogP contribution in [-0.4, -0.2) is 22.9 Å². The van der Waals surface area contributed by atoms with Gasteiger partial charge < -0.3 is 4.90 Å². The number of nitrogens with one attached hydrogen (secondary N) is 1. The Morgan fingerprint density at radius 3 is 2.62 bits per heavy atom. The number of carbonyl (C=O) groups is 1. The molecule has 1 aliphatic heterocycles. The number of benzene rings is 1. The first-order valence-electron chi connectivity index (χ1n) is 8.35. The summed E-state index contributed by atoms with van der Waals surface area (Å²) in [6, 6.07) is 10.7. The number of carbonyl (C=O) groups excluding carboxylic acids is 1. The summed E-state index contributed by atoms with van der Waals surface area (Å²) in [5.41, 5.74) is 1.21. The lowest BCUT2D eigenvalue weighted by Gasteiger charge is -2.30. The van der Waals surface area contributed by atoms with Gasteiger partial charge in [0, 0.05) is 6.04 Å². The van der Waals surface area contributed by atoms with Gasteiger partial charge in [0.1, 0.15) is 6.17 Å². The Labute approximate surface area is 127 Å². The molecule has 1 aromatic rings. The maximum Gasteiger partial charge on any atom is 0.241 e. The quantitative estimate of drug-likeness (QED) is 0.868. The topological polar surface area (TPSA) is 32.3 Å². The Morgan fingerprint density at radius 1 is 1.29 bits per heavy atom. The maximum absolute atomic E-state index is 12.8. The molecule has 114 valence electrons. The average molecular weight is 286 g/mol. The van der Waals surface area contributed by atoms with E-state index in [0.717, 1.165) is 19.3 Å². The molecule has 3 heteroatoms. The summed E-state index contributed by atoms with van der Waals surface area (Å²) in [7, 11) is 0. The molecule has 3 nitrogen and oxygen atoms in total. The number of nitrogens with zero attached hydrogens (tertiary/aromatic N) is 1. The fourth-order valence-corrected chi connectivity index (χ4v) is 3.40. The normalized spacial score (nSPS) is 27.1. The number of hydrogen-bond acceptors (Lipinski definition) is 2. The Hall–Kier alpha value is -1.35. The lowest BCUT2D eigenvalue weighted by atomic mass is 10.1. The van der Waals surface area contributed by atoms with Gasteiger partial charge in [0.15, 0.2) is 0 Å². The average Bonchev–Trinajstić information content (AvgIpc) is 3.30. The Morgan fingerprint density at radius 2 is 2.00 bits per heavy atom. The largest absolute Gasteiger partial charge is 0.319 e. The van der Waals surface area contributed by atoms with E-state index >= 15 is 0 Å². The maximum atomic E-state index is 12.8. The SMILES string of the molecule is CCCCC1NC(c2ccccc2)N(C(C)C2CC2)C1=O. The molecule has 1 aromatic carbocycles. The number of hydrogen-bond donors (Lipinski definition) is 1.